The topological polar surface area (TPSA) is 58.6 Å². The van der Waals surface area contributed by atoms with E-state index in [4.69, 9.17) is 4.74 Å². The van der Waals surface area contributed by atoms with Gasteiger partial charge in [-0.15, -0.1) is 0 Å². The highest BCUT2D eigenvalue weighted by atomic mass is 16.6. The molecule has 26 heavy (non-hydrogen) atoms. The molecule has 1 fully saturated rings. The van der Waals surface area contributed by atoms with Crippen LogP contribution in [0.4, 0.5) is 4.79 Å². The van der Waals surface area contributed by atoms with Crippen LogP contribution in [0.3, 0.4) is 0 Å². The SMILES string of the molecule is CC1CCCN1C(=O)OC(C)(C)C.CCC(NC=O)c1ccccc1C. The van der Waals surface area contributed by atoms with Gasteiger partial charge in [-0.2, -0.15) is 0 Å². The summed E-state index contributed by atoms with van der Waals surface area (Å²) < 4.78 is 5.28. The van der Waals surface area contributed by atoms with Gasteiger partial charge in [0.05, 0.1) is 6.04 Å². The first kappa shape index (κ1) is 22.0. The number of rotatable bonds is 4. The normalized spacial score (nSPS) is 17.8. The number of hydrogen-bond donors (Lipinski definition) is 1. The maximum atomic E-state index is 11.6. The van der Waals surface area contributed by atoms with E-state index < -0.39 is 0 Å². The predicted molar refractivity (Wildman–Crippen MR) is 105 cm³/mol. The van der Waals surface area contributed by atoms with Crippen LogP contribution in [0.2, 0.25) is 0 Å². The molecular weight excluding hydrogens is 328 g/mol. The van der Waals surface area contributed by atoms with Crippen molar-refractivity contribution < 1.29 is 14.3 Å². The number of ether oxygens (including phenoxy) is 1. The van der Waals surface area contributed by atoms with Gasteiger partial charge in [0.1, 0.15) is 5.60 Å². The third-order valence-electron chi connectivity index (χ3n) is 4.42. The molecule has 0 aliphatic carbocycles. The average Bonchev–Trinajstić information content (AvgIpc) is 2.99. The van der Waals surface area contributed by atoms with Crippen molar-refractivity contribution in [1.82, 2.24) is 10.2 Å². The molecule has 0 bridgehead atoms. The molecule has 1 aromatic carbocycles. The summed E-state index contributed by atoms with van der Waals surface area (Å²) in [5, 5.41) is 2.81. The zero-order valence-electron chi connectivity index (χ0n) is 17.0. The number of benzene rings is 1. The van der Waals surface area contributed by atoms with Crippen molar-refractivity contribution in [2.24, 2.45) is 0 Å². The second kappa shape index (κ2) is 10.2. The van der Waals surface area contributed by atoms with Gasteiger partial charge in [0.25, 0.3) is 0 Å². The molecular formula is C21H34N2O3. The van der Waals surface area contributed by atoms with Crippen LogP contribution in [-0.4, -0.2) is 35.6 Å². The van der Waals surface area contributed by atoms with Gasteiger partial charge in [-0.05, 0) is 65.0 Å². The molecule has 0 saturated carbocycles. The second-order valence-corrected chi connectivity index (χ2v) is 7.77. The number of nitrogens with zero attached hydrogens (tertiary/aromatic N) is 1. The van der Waals surface area contributed by atoms with Gasteiger partial charge in [-0.25, -0.2) is 4.79 Å². The standard InChI is InChI=1S/C11H15NO.C10H19NO2/c1-3-11(12-8-13)10-7-5-4-6-9(10)2;1-8-6-5-7-11(8)9(12)13-10(2,3)4/h4-8,11H,3H2,1-2H3,(H,12,13);8H,5-7H2,1-4H3. The highest BCUT2D eigenvalue weighted by Crippen LogP contribution is 2.20. The number of hydrogen-bond acceptors (Lipinski definition) is 3. The van der Waals surface area contributed by atoms with Crippen molar-refractivity contribution in [3.63, 3.8) is 0 Å². The van der Waals surface area contributed by atoms with Crippen LogP contribution < -0.4 is 5.32 Å². The third kappa shape index (κ3) is 7.06. The monoisotopic (exact) mass is 362 g/mol. The van der Waals surface area contributed by atoms with E-state index in [0.29, 0.717) is 6.04 Å². The smallest absolute Gasteiger partial charge is 0.410 e. The van der Waals surface area contributed by atoms with E-state index in [-0.39, 0.29) is 17.7 Å². The highest BCUT2D eigenvalue weighted by Gasteiger charge is 2.29. The van der Waals surface area contributed by atoms with Gasteiger partial charge < -0.3 is 15.0 Å². The molecule has 2 unspecified atom stereocenters. The Balaban J connectivity index is 0.000000260. The van der Waals surface area contributed by atoms with Gasteiger partial charge in [-0.3, -0.25) is 4.79 Å². The summed E-state index contributed by atoms with van der Waals surface area (Å²) in [5.74, 6) is 0. The summed E-state index contributed by atoms with van der Waals surface area (Å²) >= 11 is 0. The quantitative estimate of drug-likeness (QED) is 0.797. The van der Waals surface area contributed by atoms with Gasteiger partial charge in [0, 0.05) is 12.6 Å². The number of carbonyl (C=O) groups is 2. The number of likely N-dealkylation sites (tertiary alicyclic amines) is 1. The molecule has 1 N–H and O–H groups in total. The molecule has 1 aliphatic heterocycles. The lowest BCUT2D eigenvalue weighted by molar-refractivity contribution is -0.110. The van der Waals surface area contributed by atoms with E-state index in [9.17, 15) is 9.59 Å². The fourth-order valence-corrected chi connectivity index (χ4v) is 3.01. The van der Waals surface area contributed by atoms with Crippen LogP contribution in [0.5, 0.6) is 0 Å². The van der Waals surface area contributed by atoms with Crippen LogP contribution in [0, 0.1) is 6.92 Å². The van der Waals surface area contributed by atoms with Crippen molar-refractivity contribution in [2.75, 3.05) is 6.54 Å². The van der Waals surface area contributed by atoms with Crippen LogP contribution >= 0.6 is 0 Å². The fraction of sp³-hybridized carbons (Fsp3) is 0.619. The van der Waals surface area contributed by atoms with Gasteiger partial charge in [0.15, 0.2) is 0 Å². The summed E-state index contributed by atoms with van der Waals surface area (Å²) in [5.41, 5.74) is 2.06. The predicted octanol–water partition coefficient (Wildman–Crippen LogP) is 4.60. The molecule has 1 heterocycles. The lowest BCUT2D eigenvalue weighted by Gasteiger charge is -2.26. The molecule has 0 spiro atoms. The summed E-state index contributed by atoms with van der Waals surface area (Å²) in [7, 11) is 0. The van der Waals surface area contributed by atoms with E-state index in [0.717, 1.165) is 32.2 Å². The Bertz CT molecular complexity index is 581. The molecule has 1 aromatic rings. The summed E-state index contributed by atoms with van der Waals surface area (Å²) in [6.45, 7) is 12.7. The second-order valence-electron chi connectivity index (χ2n) is 7.77. The van der Waals surface area contributed by atoms with E-state index in [1.807, 2.05) is 37.8 Å². The first-order chi connectivity index (χ1) is 12.2. The van der Waals surface area contributed by atoms with Crippen molar-refractivity contribution >= 4 is 12.5 Å². The molecule has 1 saturated heterocycles. The van der Waals surface area contributed by atoms with Crippen LogP contribution in [0.15, 0.2) is 24.3 Å². The Morgan fingerprint density at radius 1 is 1.38 bits per heavy atom. The van der Waals surface area contributed by atoms with E-state index in [1.165, 1.54) is 11.1 Å². The first-order valence-electron chi connectivity index (χ1n) is 9.44. The molecule has 5 heteroatoms. The van der Waals surface area contributed by atoms with Crippen molar-refractivity contribution in [1.29, 1.82) is 0 Å². The zero-order valence-corrected chi connectivity index (χ0v) is 17.0. The largest absolute Gasteiger partial charge is 0.444 e. The zero-order chi connectivity index (χ0) is 19.7. The Morgan fingerprint density at radius 3 is 2.50 bits per heavy atom. The van der Waals surface area contributed by atoms with Crippen molar-refractivity contribution in [2.45, 2.75) is 78.5 Å². The Labute approximate surface area is 158 Å². The molecule has 2 atom stereocenters. The number of nitrogens with one attached hydrogen (secondary N) is 1. The molecule has 5 nitrogen and oxygen atoms in total. The maximum Gasteiger partial charge on any atom is 0.410 e. The molecule has 146 valence electrons. The fourth-order valence-electron chi connectivity index (χ4n) is 3.01. The molecule has 2 rings (SSSR count). The summed E-state index contributed by atoms with van der Waals surface area (Å²) in [6, 6.07) is 8.61. The minimum Gasteiger partial charge on any atom is -0.444 e. The maximum absolute atomic E-state index is 11.6. The molecule has 2 amide bonds. The Kier molecular flexibility index (Phi) is 8.62. The van der Waals surface area contributed by atoms with Gasteiger partial charge in [-0.1, -0.05) is 31.2 Å². The number of aryl methyl sites for hydroxylation is 1. The van der Waals surface area contributed by atoms with E-state index >= 15 is 0 Å². The minimum absolute atomic E-state index is 0.152. The lowest BCUT2D eigenvalue weighted by Crippen LogP contribution is -2.38. The first-order valence-corrected chi connectivity index (χ1v) is 9.44. The minimum atomic E-state index is -0.376. The van der Waals surface area contributed by atoms with E-state index in [2.05, 4.69) is 38.2 Å². The summed E-state index contributed by atoms with van der Waals surface area (Å²) in [4.78, 5) is 23.7. The highest BCUT2D eigenvalue weighted by molar-refractivity contribution is 5.68. The molecule has 1 aliphatic rings. The van der Waals surface area contributed by atoms with Crippen LogP contribution in [0.1, 0.15) is 71.0 Å². The summed E-state index contributed by atoms with van der Waals surface area (Å²) in [6.07, 6.45) is 3.71. The molecule has 0 radical (unpaired) electrons. The molecule has 0 aromatic heterocycles. The van der Waals surface area contributed by atoms with Crippen molar-refractivity contribution in [3.8, 4) is 0 Å². The third-order valence-corrected chi connectivity index (χ3v) is 4.42. The van der Waals surface area contributed by atoms with E-state index in [1.54, 1.807) is 0 Å². The number of amides is 2. The van der Waals surface area contributed by atoms with Crippen LogP contribution in [0.25, 0.3) is 0 Å². The van der Waals surface area contributed by atoms with Crippen LogP contribution in [-0.2, 0) is 9.53 Å². The number of carbonyl (C=O) groups excluding carboxylic acids is 2. The Hall–Kier alpha value is -2.04. The van der Waals surface area contributed by atoms with Gasteiger partial charge >= 0.3 is 6.09 Å². The lowest BCUT2D eigenvalue weighted by atomic mass is 10.00. The van der Waals surface area contributed by atoms with Gasteiger partial charge in [0.2, 0.25) is 6.41 Å². The average molecular weight is 363 g/mol. The Morgan fingerprint density at radius 2 is 2.04 bits per heavy atom. The van der Waals surface area contributed by atoms with Crippen molar-refractivity contribution in [3.05, 3.63) is 35.4 Å².